The minimum Gasteiger partial charge on any atom is -0.497 e. The van der Waals surface area contributed by atoms with Gasteiger partial charge < -0.3 is 29.3 Å². The van der Waals surface area contributed by atoms with Gasteiger partial charge in [0.05, 0.1) is 13.7 Å². The highest BCUT2D eigenvalue weighted by Crippen LogP contribution is 2.30. The molecule has 0 radical (unpaired) electrons. The summed E-state index contributed by atoms with van der Waals surface area (Å²) >= 11 is 5.79. The number of carbonyl (C=O) groups excluding carboxylic acids is 1. The number of methoxy groups -OCH3 is 1. The average Bonchev–Trinajstić information content (AvgIpc) is 2.93. The Morgan fingerprint density at radius 1 is 0.973 bits per heavy atom. The Hall–Kier alpha value is -3.85. The number of rotatable bonds is 9. The summed E-state index contributed by atoms with van der Waals surface area (Å²) in [5.41, 5.74) is 2.47. The highest BCUT2D eigenvalue weighted by atomic mass is 32.1. The molecular formula is C28H30FN3O4S. The van der Waals surface area contributed by atoms with E-state index in [-0.39, 0.29) is 18.3 Å². The lowest BCUT2D eigenvalue weighted by Crippen LogP contribution is -2.48. The van der Waals surface area contributed by atoms with Crippen LogP contribution in [0.25, 0.3) is 0 Å². The number of ether oxygens (including phenoxy) is 3. The van der Waals surface area contributed by atoms with Gasteiger partial charge in [0.2, 0.25) is 0 Å². The second kappa shape index (κ2) is 12.4. The van der Waals surface area contributed by atoms with Crippen molar-refractivity contribution in [2.75, 3.05) is 56.7 Å². The van der Waals surface area contributed by atoms with E-state index in [4.69, 9.17) is 26.4 Å². The van der Waals surface area contributed by atoms with E-state index in [0.29, 0.717) is 29.5 Å². The Labute approximate surface area is 221 Å². The number of nitrogens with one attached hydrogen (secondary N) is 1. The number of anilines is 2. The lowest BCUT2D eigenvalue weighted by Gasteiger charge is -2.37. The number of halogens is 1. The Balaban J connectivity index is 1.36. The van der Waals surface area contributed by atoms with Gasteiger partial charge in [-0.15, -0.1) is 0 Å². The lowest BCUT2D eigenvalue weighted by atomic mass is 10.1. The molecule has 1 fully saturated rings. The summed E-state index contributed by atoms with van der Waals surface area (Å²) in [7, 11) is 1.57. The number of hydrogen-bond acceptors (Lipinski definition) is 6. The first-order chi connectivity index (χ1) is 18.0. The van der Waals surface area contributed by atoms with E-state index >= 15 is 0 Å². The highest BCUT2D eigenvalue weighted by Gasteiger charge is 2.21. The van der Waals surface area contributed by atoms with Gasteiger partial charge in [-0.2, -0.15) is 0 Å². The van der Waals surface area contributed by atoms with Crippen molar-refractivity contribution in [2.24, 2.45) is 0 Å². The summed E-state index contributed by atoms with van der Waals surface area (Å²) in [5.74, 6) is 1.12. The Morgan fingerprint density at radius 2 is 1.73 bits per heavy atom. The van der Waals surface area contributed by atoms with Gasteiger partial charge in [-0.25, -0.2) is 4.39 Å². The zero-order valence-corrected chi connectivity index (χ0v) is 21.7. The second-order valence-electron chi connectivity index (χ2n) is 8.42. The van der Waals surface area contributed by atoms with E-state index < -0.39 is 0 Å². The van der Waals surface area contributed by atoms with Crippen molar-refractivity contribution in [3.05, 3.63) is 78.1 Å². The Morgan fingerprint density at radius 3 is 2.43 bits per heavy atom. The molecule has 1 saturated heterocycles. The van der Waals surface area contributed by atoms with Crippen molar-refractivity contribution in [3.8, 4) is 17.2 Å². The standard InChI is InChI=1S/C28H30FN3O4S/c1-3-35-26-17-20(28(37)32-15-13-31(14-16-32)23-10-8-21(29)9-11-23)7-12-25(26)36-19-27(33)30-22-5-4-6-24(18-22)34-2/h4-12,17-18H,3,13-16,19H2,1-2H3,(H,30,33). The third-order valence-corrected chi connectivity index (χ3v) is 6.46. The van der Waals surface area contributed by atoms with E-state index in [2.05, 4.69) is 15.1 Å². The number of amides is 1. The van der Waals surface area contributed by atoms with E-state index in [1.165, 1.54) is 12.1 Å². The molecule has 0 unspecified atom stereocenters. The molecule has 1 aliphatic heterocycles. The number of thiocarbonyl (C=S) groups is 1. The van der Waals surface area contributed by atoms with Crippen molar-refractivity contribution in [2.45, 2.75) is 6.92 Å². The first kappa shape index (κ1) is 26.2. The monoisotopic (exact) mass is 523 g/mol. The lowest BCUT2D eigenvalue weighted by molar-refractivity contribution is -0.118. The fourth-order valence-electron chi connectivity index (χ4n) is 4.07. The maximum atomic E-state index is 13.2. The number of carbonyl (C=O) groups is 1. The topological polar surface area (TPSA) is 63.3 Å². The maximum Gasteiger partial charge on any atom is 0.262 e. The van der Waals surface area contributed by atoms with Crippen LogP contribution in [0.3, 0.4) is 0 Å². The number of hydrogen-bond donors (Lipinski definition) is 1. The van der Waals surface area contributed by atoms with E-state index in [0.717, 1.165) is 42.4 Å². The zero-order chi connectivity index (χ0) is 26.2. The van der Waals surface area contributed by atoms with Gasteiger partial charge >= 0.3 is 0 Å². The van der Waals surface area contributed by atoms with E-state index in [1.54, 1.807) is 49.6 Å². The van der Waals surface area contributed by atoms with Gasteiger partial charge in [-0.05, 0) is 61.5 Å². The number of benzene rings is 3. The molecule has 1 heterocycles. The first-order valence-corrected chi connectivity index (χ1v) is 12.5. The molecule has 0 saturated carbocycles. The molecule has 3 aromatic rings. The van der Waals surface area contributed by atoms with Crippen molar-refractivity contribution in [1.82, 2.24) is 4.90 Å². The molecule has 1 aliphatic rings. The van der Waals surface area contributed by atoms with Crippen LogP contribution in [0.4, 0.5) is 15.8 Å². The van der Waals surface area contributed by atoms with Crippen LogP contribution in [-0.2, 0) is 4.79 Å². The van der Waals surface area contributed by atoms with Crippen LogP contribution >= 0.6 is 12.2 Å². The van der Waals surface area contributed by atoms with Crippen LogP contribution in [0.2, 0.25) is 0 Å². The predicted molar refractivity (Wildman–Crippen MR) is 147 cm³/mol. The summed E-state index contributed by atoms with van der Waals surface area (Å²) in [6.07, 6.45) is 0. The minimum atomic E-state index is -0.297. The maximum absolute atomic E-state index is 13.2. The van der Waals surface area contributed by atoms with Crippen LogP contribution in [0.5, 0.6) is 17.2 Å². The molecule has 0 aromatic heterocycles. The smallest absolute Gasteiger partial charge is 0.262 e. The molecule has 0 spiro atoms. The Bertz CT molecular complexity index is 1230. The van der Waals surface area contributed by atoms with Crippen molar-refractivity contribution in [1.29, 1.82) is 0 Å². The SMILES string of the molecule is CCOc1cc(C(=S)N2CCN(c3ccc(F)cc3)CC2)ccc1OCC(=O)Nc1cccc(OC)c1. The largest absolute Gasteiger partial charge is 0.497 e. The molecule has 3 aromatic carbocycles. The van der Waals surface area contributed by atoms with Crippen LogP contribution in [-0.4, -0.2) is 62.3 Å². The summed E-state index contributed by atoms with van der Waals surface area (Å²) in [6.45, 7) is 5.23. The van der Waals surface area contributed by atoms with Crippen molar-refractivity contribution < 1.29 is 23.4 Å². The van der Waals surface area contributed by atoms with E-state index in [9.17, 15) is 9.18 Å². The van der Waals surface area contributed by atoms with Gasteiger partial charge in [0.15, 0.2) is 18.1 Å². The summed E-state index contributed by atoms with van der Waals surface area (Å²) in [5, 5.41) is 2.79. The molecule has 4 rings (SSSR count). The molecule has 1 amide bonds. The Kier molecular flexibility index (Phi) is 8.79. The number of nitrogens with zero attached hydrogens (tertiary/aromatic N) is 2. The molecule has 1 N–H and O–H groups in total. The number of piperazine rings is 1. The summed E-state index contributed by atoms with van der Waals surface area (Å²) in [4.78, 5) is 17.5. The fraction of sp³-hybridized carbons (Fsp3) is 0.286. The van der Waals surface area contributed by atoms with E-state index in [1.807, 2.05) is 19.1 Å². The molecule has 9 heteroatoms. The quantitative estimate of drug-likeness (QED) is 0.406. The minimum absolute atomic E-state index is 0.174. The predicted octanol–water partition coefficient (Wildman–Crippen LogP) is 4.75. The third-order valence-electron chi connectivity index (χ3n) is 5.96. The normalized spacial score (nSPS) is 13.2. The summed E-state index contributed by atoms with van der Waals surface area (Å²) < 4.78 is 30.0. The average molecular weight is 524 g/mol. The van der Waals surface area contributed by atoms with Crippen LogP contribution in [0.15, 0.2) is 66.7 Å². The van der Waals surface area contributed by atoms with Gasteiger partial charge in [0, 0.05) is 49.2 Å². The van der Waals surface area contributed by atoms with Gasteiger partial charge in [0.1, 0.15) is 16.6 Å². The van der Waals surface area contributed by atoms with Crippen LogP contribution in [0.1, 0.15) is 12.5 Å². The molecule has 0 aliphatic carbocycles. The molecule has 0 bridgehead atoms. The van der Waals surface area contributed by atoms with Gasteiger partial charge in [-0.3, -0.25) is 4.79 Å². The molecule has 7 nitrogen and oxygen atoms in total. The molecule has 37 heavy (non-hydrogen) atoms. The highest BCUT2D eigenvalue weighted by molar-refractivity contribution is 7.80. The third kappa shape index (κ3) is 6.89. The summed E-state index contributed by atoms with van der Waals surface area (Å²) in [6, 6.07) is 19.2. The van der Waals surface area contributed by atoms with Crippen LogP contribution in [0, 0.1) is 5.82 Å². The fourth-order valence-corrected chi connectivity index (χ4v) is 4.38. The van der Waals surface area contributed by atoms with Crippen LogP contribution < -0.4 is 24.4 Å². The molecular weight excluding hydrogens is 493 g/mol. The van der Waals surface area contributed by atoms with Gasteiger partial charge in [-0.1, -0.05) is 18.3 Å². The second-order valence-corrected chi connectivity index (χ2v) is 8.81. The molecule has 0 atom stereocenters. The molecule has 194 valence electrons. The van der Waals surface area contributed by atoms with Crippen molar-refractivity contribution >= 4 is 34.5 Å². The zero-order valence-electron chi connectivity index (χ0n) is 20.9. The van der Waals surface area contributed by atoms with Crippen molar-refractivity contribution in [3.63, 3.8) is 0 Å². The first-order valence-electron chi connectivity index (χ1n) is 12.1. The van der Waals surface area contributed by atoms with Gasteiger partial charge in [0.25, 0.3) is 5.91 Å².